The summed E-state index contributed by atoms with van der Waals surface area (Å²) in [7, 11) is 1.38. The molecule has 0 aromatic heterocycles. The summed E-state index contributed by atoms with van der Waals surface area (Å²) in [4.78, 5) is 26.4. The Hall–Kier alpha value is -2.04. The fourth-order valence-corrected chi connectivity index (χ4v) is 3.19. The Morgan fingerprint density at radius 3 is 2.60 bits per heavy atom. The van der Waals surface area contributed by atoms with Gasteiger partial charge in [-0.2, -0.15) is 0 Å². The van der Waals surface area contributed by atoms with E-state index in [1.165, 1.54) is 12.7 Å². The highest BCUT2D eigenvalue weighted by atomic mass is 16.6. The van der Waals surface area contributed by atoms with E-state index in [1.54, 1.807) is 6.07 Å². The van der Waals surface area contributed by atoms with Gasteiger partial charge in [0.15, 0.2) is 0 Å². The van der Waals surface area contributed by atoms with Crippen LogP contribution in [0.3, 0.4) is 0 Å². The Balaban J connectivity index is 2.36. The van der Waals surface area contributed by atoms with Crippen molar-refractivity contribution in [3.05, 3.63) is 34.9 Å². The lowest BCUT2D eigenvalue weighted by Crippen LogP contribution is -2.43. The molecule has 138 valence electrons. The van der Waals surface area contributed by atoms with Crippen LogP contribution >= 0.6 is 0 Å². The Labute approximate surface area is 150 Å². The van der Waals surface area contributed by atoms with Crippen LogP contribution in [-0.2, 0) is 15.9 Å². The summed E-state index contributed by atoms with van der Waals surface area (Å²) in [5, 5.41) is 0. The van der Waals surface area contributed by atoms with Gasteiger partial charge in [-0.25, -0.2) is 9.59 Å². The summed E-state index contributed by atoms with van der Waals surface area (Å²) in [5.74, 6) is -0.355. The van der Waals surface area contributed by atoms with Crippen molar-refractivity contribution in [3.8, 4) is 0 Å². The first-order chi connectivity index (χ1) is 11.8. The normalized spacial score (nSPS) is 17.0. The highest BCUT2D eigenvalue weighted by Crippen LogP contribution is 2.35. The molecule has 0 saturated carbocycles. The minimum Gasteiger partial charge on any atom is -0.465 e. The maximum atomic E-state index is 12.7. The van der Waals surface area contributed by atoms with Gasteiger partial charge in [0.05, 0.1) is 18.7 Å². The first-order valence-electron chi connectivity index (χ1n) is 8.97. The van der Waals surface area contributed by atoms with E-state index in [4.69, 9.17) is 9.47 Å². The van der Waals surface area contributed by atoms with E-state index in [9.17, 15) is 9.59 Å². The molecule has 5 heteroatoms. The largest absolute Gasteiger partial charge is 0.465 e. The quantitative estimate of drug-likeness (QED) is 0.753. The molecule has 1 aromatic carbocycles. The van der Waals surface area contributed by atoms with Gasteiger partial charge in [0, 0.05) is 6.54 Å². The van der Waals surface area contributed by atoms with Crippen LogP contribution in [0.1, 0.15) is 74.5 Å². The summed E-state index contributed by atoms with van der Waals surface area (Å²) in [6.07, 6.45) is 3.38. The molecular weight excluding hydrogens is 318 g/mol. The van der Waals surface area contributed by atoms with Gasteiger partial charge in [-0.05, 0) is 56.9 Å². The van der Waals surface area contributed by atoms with Gasteiger partial charge >= 0.3 is 12.1 Å². The highest BCUT2D eigenvalue weighted by molar-refractivity contribution is 5.89. The molecule has 1 aliphatic heterocycles. The summed E-state index contributed by atoms with van der Waals surface area (Å²) >= 11 is 0. The molecule has 5 nitrogen and oxygen atoms in total. The van der Waals surface area contributed by atoms with Gasteiger partial charge < -0.3 is 14.4 Å². The van der Waals surface area contributed by atoms with Gasteiger partial charge in [-0.15, -0.1) is 0 Å². The topological polar surface area (TPSA) is 55.8 Å². The van der Waals surface area contributed by atoms with Crippen molar-refractivity contribution >= 4 is 12.1 Å². The third kappa shape index (κ3) is 4.74. The molecule has 1 aliphatic rings. The number of benzene rings is 1. The Morgan fingerprint density at radius 1 is 1.28 bits per heavy atom. The molecule has 1 atom stereocenters. The van der Waals surface area contributed by atoms with Crippen LogP contribution in [0.15, 0.2) is 18.2 Å². The van der Waals surface area contributed by atoms with Crippen LogP contribution in [-0.4, -0.2) is 36.2 Å². The highest BCUT2D eigenvalue weighted by Gasteiger charge is 2.33. The van der Waals surface area contributed by atoms with Crippen LogP contribution in [0.4, 0.5) is 4.79 Å². The smallest absolute Gasteiger partial charge is 0.410 e. The fraction of sp³-hybridized carbons (Fsp3) is 0.600. The fourth-order valence-electron chi connectivity index (χ4n) is 3.19. The number of nitrogens with zero attached hydrogens (tertiary/aromatic N) is 1. The van der Waals surface area contributed by atoms with Crippen molar-refractivity contribution in [2.45, 2.75) is 65.0 Å². The first-order valence-corrected chi connectivity index (χ1v) is 8.97. The average molecular weight is 347 g/mol. The van der Waals surface area contributed by atoms with Crippen LogP contribution in [0.25, 0.3) is 0 Å². The van der Waals surface area contributed by atoms with Crippen molar-refractivity contribution in [2.24, 2.45) is 0 Å². The standard InChI is InChI=1S/C20H29NO4/c1-6-7-8-17-16-13-15(18(22)24-5)10-9-14(16)11-12-21(17)19(23)25-20(2,3)4/h9-10,13,17H,6-8,11-12H2,1-5H3. The molecule has 25 heavy (non-hydrogen) atoms. The number of hydrogen-bond acceptors (Lipinski definition) is 4. The number of carbonyl (C=O) groups is 2. The van der Waals surface area contributed by atoms with Crippen molar-refractivity contribution in [2.75, 3.05) is 13.7 Å². The second-order valence-corrected chi connectivity index (χ2v) is 7.49. The summed E-state index contributed by atoms with van der Waals surface area (Å²) in [5.41, 5.74) is 2.22. The van der Waals surface area contributed by atoms with Crippen LogP contribution in [0.5, 0.6) is 0 Å². The lowest BCUT2D eigenvalue weighted by Gasteiger charge is -2.38. The second kappa shape index (κ2) is 7.89. The van der Waals surface area contributed by atoms with E-state index in [0.29, 0.717) is 12.1 Å². The van der Waals surface area contributed by atoms with Crippen LogP contribution in [0.2, 0.25) is 0 Å². The maximum absolute atomic E-state index is 12.7. The van der Waals surface area contributed by atoms with E-state index in [1.807, 2.05) is 37.8 Å². The molecule has 0 aliphatic carbocycles. The number of esters is 1. The van der Waals surface area contributed by atoms with Crippen molar-refractivity contribution in [1.82, 2.24) is 4.90 Å². The van der Waals surface area contributed by atoms with E-state index in [-0.39, 0.29) is 18.1 Å². The number of amides is 1. The van der Waals surface area contributed by atoms with Gasteiger partial charge in [0.25, 0.3) is 0 Å². The zero-order valence-electron chi connectivity index (χ0n) is 15.9. The number of rotatable bonds is 4. The molecule has 0 fully saturated rings. The van der Waals surface area contributed by atoms with E-state index in [2.05, 4.69) is 6.92 Å². The Bertz CT molecular complexity index is 633. The molecule has 0 spiro atoms. The van der Waals surface area contributed by atoms with Gasteiger partial charge in [0.2, 0.25) is 0 Å². The lowest BCUT2D eigenvalue weighted by atomic mass is 9.88. The second-order valence-electron chi connectivity index (χ2n) is 7.49. The lowest BCUT2D eigenvalue weighted by molar-refractivity contribution is 0.0130. The summed E-state index contributed by atoms with van der Waals surface area (Å²) in [6.45, 7) is 8.39. The first kappa shape index (κ1) is 19.3. The average Bonchev–Trinajstić information content (AvgIpc) is 2.56. The predicted molar refractivity (Wildman–Crippen MR) is 96.7 cm³/mol. The number of unbranched alkanes of at least 4 members (excludes halogenated alkanes) is 1. The van der Waals surface area contributed by atoms with Crippen molar-refractivity contribution in [3.63, 3.8) is 0 Å². The third-order valence-electron chi connectivity index (χ3n) is 4.38. The minimum atomic E-state index is -0.527. The number of fused-ring (bicyclic) bond motifs is 1. The monoisotopic (exact) mass is 347 g/mol. The minimum absolute atomic E-state index is 0.0665. The number of ether oxygens (including phenoxy) is 2. The van der Waals surface area contributed by atoms with E-state index < -0.39 is 5.60 Å². The van der Waals surface area contributed by atoms with Gasteiger partial charge in [-0.1, -0.05) is 25.8 Å². The molecule has 0 radical (unpaired) electrons. The molecule has 1 aromatic rings. The number of methoxy groups -OCH3 is 1. The van der Waals surface area contributed by atoms with Gasteiger partial charge in [0.1, 0.15) is 5.60 Å². The molecule has 2 rings (SSSR count). The molecule has 0 bridgehead atoms. The van der Waals surface area contributed by atoms with E-state index in [0.717, 1.165) is 31.2 Å². The summed E-state index contributed by atoms with van der Waals surface area (Å²) < 4.78 is 10.4. The Morgan fingerprint density at radius 2 is 2.00 bits per heavy atom. The zero-order valence-corrected chi connectivity index (χ0v) is 15.9. The van der Waals surface area contributed by atoms with Crippen LogP contribution < -0.4 is 0 Å². The number of carbonyl (C=O) groups excluding carboxylic acids is 2. The SMILES string of the molecule is CCCCC1c2cc(C(=O)OC)ccc2CCN1C(=O)OC(C)(C)C. The van der Waals surface area contributed by atoms with E-state index >= 15 is 0 Å². The van der Waals surface area contributed by atoms with Gasteiger partial charge in [-0.3, -0.25) is 0 Å². The molecule has 1 amide bonds. The molecule has 1 unspecified atom stereocenters. The summed E-state index contributed by atoms with van der Waals surface area (Å²) in [6, 6.07) is 5.58. The molecular formula is C20H29NO4. The number of hydrogen-bond donors (Lipinski definition) is 0. The predicted octanol–water partition coefficient (Wildman–Crippen LogP) is 4.50. The Kier molecular flexibility index (Phi) is 6.09. The molecule has 0 saturated heterocycles. The zero-order chi connectivity index (χ0) is 18.6. The van der Waals surface area contributed by atoms with Crippen molar-refractivity contribution < 1.29 is 19.1 Å². The third-order valence-corrected chi connectivity index (χ3v) is 4.38. The van der Waals surface area contributed by atoms with Crippen molar-refractivity contribution in [1.29, 1.82) is 0 Å². The molecule has 1 heterocycles. The van der Waals surface area contributed by atoms with Crippen LogP contribution in [0, 0.1) is 0 Å². The molecule has 0 N–H and O–H groups in total. The maximum Gasteiger partial charge on any atom is 0.410 e.